The zero-order valence-electron chi connectivity index (χ0n) is 36.7. The number of aliphatic carboxylic acids is 1. The largest absolute Gasteiger partial charge is 0.481 e. The van der Waals surface area contributed by atoms with Crippen molar-refractivity contribution in [2.45, 2.75) is 217 Å². The van der Waals surface area contributed by atoms with Crippen LogP contribution in [0.3, 0.4) is 0 Å². The van der Waals surface area contributed by atoms with Crippen LogP contribution in [0.5, 0.6) is 0 Å². The van der Waals surface area contributed by atoms with Gasteiger partial charge in [-0.2, -0.15) is 0 Å². The summed E-state index contributed by atoms with van der Waals surface area (Å²) in [6.07, 6.45) is 44.8. The number of nitrogens with two attached hydrogens (primary N) is 1. The number of thioether (sulfide) groups is 1. The predicted octanol–water partition coefficient (Wildman–Crippen LogP) is 11.5. The van der Waals surface area contributed by atoms with Gasteiger partial charge in [0, 0.05) is 23.8 Å². The fraction of sp³-hybridized carbons (Fsp3) is 0.771. The van der Waals surface area contributed by atoms with E-state index in [2.05, 4.69) is 32.1 Å². The minimum atomic E-state index is -1.16. The topological polar surface area (TPSA) is 156 Å². The molecule has 0 saturated carbocycles. The lowest BCUT2D eigenvalue weighted by Gasteiger charge is -2.21. The van der Waals surface area contributed by atoms with Crippen LogP contribution in [0, 0.1) is 0 Å². The molecule has 0 heterocycles. The molecule has 5 N–H and O–H groups in total. The summed E-state index contributed by atoms with van der Waals surface area (Å²) >= 11 is 1.28. The molecule has 0 radical (unpaired) electrons. The Morgan fingerprint density at radius 1 is 0.603 bits per heavy atom. The Bertz CT molecular complexity index is 1090. The average molecular weight is 836 g/mol. The quantitative estimate of drug-likeness (QED) is 0.0202. The van der Waals surface area contributed by atoms with E-state index < -0.39 is 35.4 Å². The molecular weight excluding hydrogens is 751 g/mol. The minimum absolute atomic E-state index is 0.0427. The third kappa shape index (κ3) is 39.1. The van der Waals surface area contributed by atoms with Gasteiger partial charge in [0.1, 0.15) is 25.4 Å². The minimum Gasteiger partial charge on any atom is -0.481 e. The Kier molecular flexibility index (Phi) is 40.9. The number of aliphatic hydroxyl groups is 2. The summed E-state index contributed by atoms with van der Waals surface area (Å²) < 4.78 is 10.4. The molecule has 0 saturated heterocycles. The Morgan fingerprint density at radius 2 is 1.12 bits per heavy atom. The Labute approximate surface area is 358 Å². The Balaban J connectivity index is 4.17. The van der Waals surface area contributed by atoms with Crippen LogP contribution in [0.1, 0.15) is 194 Å². The highest BCUT2D eigenvalue weighted by molar-refractivity contribution is 8.00. The van der Waals surface area contributed by atoms with E-state index in [9.17, 15) is 24.6 Å². The van der Waals surface area contributed by atoms with Gasteiger partial charge in [-0.25, -0.2) is 0 Å². The van der Waals surface area contributed by atoms with Crippen molar-refractivity contribution in [3.63, 3.8) is 0 Å². The van der Waals surface area contributed by atoms with Crippen molar-refractivity contribution in [3.8, 4) is 0 Å². The first-order valence-electron chi connectivity index (χ1n) is 23.1. The van der Waals surface area contributed by atoms with E-state index >= 15 is 0 Å². The molecule has 0 amide bonds. The molecule has 0 aliphatic heterocycles. The number of hydrogen-bond acceptors (Lipinski definition) is 9. The summed E-state index contributed by atoms with van der Waals surface area (Å²) in [6, 6.07) is -1.01. The van der Waals surface area contributed by atoms with Crippen LogP contribution in [0.2, 0.25) is 0 Å². The van der Waals surface area contributed by atoms with Crippen LogP contribution in [0.4, 0.5) is 0 Å². The van der Waals surface area contributed by atoms with Gasteiger partial charge in [-0.3, -0.25) is 14.4 Å². The normalized spacial score (nSPS) is 14.2. The summed E-state index contributed by atoms with van der Waals surface area (Å²) in [5.41, 5.74) is 6.07. The van der Waals surface area contributed by atoms with E-state index in [1.54, 1.807) is 0 Å². The highest BCUT2D eigenvalue weighted by Gasteiger charge is 2.23. The van der Waals surface area contributed by atoms with Crippen LogP contribution >= 0.6 is 11.8 Å². The number of allylic oxidation sites excluding steroid dienone is 7. The summed E-state index contributed by atoms with van der Waals surface area (Å²) in [5, 5.41) is 29.5. The van der Waals surface area contributed by atoms with Crippen LogP contribution < -0.4 is 5.73 Å². The number of aliphatic hydroxyl groups excluding tert-OH is 2. The molecule has 9 nitrogen and oxygen atoms in total. The van der Waals surface area contributed by atoms with Gasteiger partial charge in [-0.05, 0) is 38.5 Å². The summed E-state index contributed by atoms with van der Waals surface area (Å²) in [6.45, 7) is 3.86. The van der Waals surface area contributed by atoms with Crippen LogP contribution in [-0.4, -0.2) is 75.7 Å². The van der Waals surface area contributed by atoms with Gasteiger partial charge in [0.25, 0.3) is 0 Å². The zero-order chi connectivity index (χ0) is 42.7. The van der Waals surface area contributed by atoms with E-state index in [4.69, 9.17) is 20.3 Å². The number of hydrogen-bond donors (Lipinski definition) is 4. The molecule has 0 rings (SSSR count). The SMILES string of the molecule is CCCCC/C=C\C\C=C/C=C/C=C/[C@@H](SC[C@H](N)C(=O)OC[C@H](O)COC(=O)CCCCCCCCCCCCCCCCCCCCC)[C@@H](O)CCCC(=O)O. The lowest BCUT2D eigenvalue weighted by molar-refractivity contribution is -0.153. The number of carbonyl (C=O) groups is 3. The maximum atomic E-state index is 12.5. The van der Waals surface area contributed by atoms with E-state index in [1.165, 1.54) is 134 Å². The van der Waals surface area contributed by atoms with Crippen LogP contribution in [0.15, 0.2) is 48.6 Å². The molecule has 336 valence electrons. The van der Waals surface area contributed by atoms with Gasteiger partial charge in [0.2, 0.25) is 0 Å². The number of carbonyl (C=O) groups excluding carboxylic acids is 2. The zero-order valence-corrected chi connectivity index (χ0v) is 37.5. The standard InChI is InChI=1S/C48H85NO8S/c1-3-5-7-9-11-13-15-17-18-19-20-21-22-23-25-27-29-31-33-38-47(54)56-39-42(50)40-57-48(55)43(49)41-58-45(44(51)35-34-37-46(52)53)36-32-30-28-26-24-16-14-12-10-8-6-4-2/h12,14,24,26,28,30,32,36,42-45,50-51H,3-11,13,15-23,25,27,29,31,33-35,37-41,49H2,1-2H3,(H,52,53)/b14-12-,26-24-,30-28+,36-32+/t42-,43+,44+,45-/m1/s1. The number of carboxylic acids is 1. The summed E-state index contributed by atoms with van der Waals surface area (Å²) in [7, 11) is 0. The van der Waals surface area contributed by atoms with Crippen LogP contribution in [-0.2, 0) is 23.9 Å². The second-order valence-corrected chi connectivity index (χ2v) is 17.0. The lowest BCUT2D eigenvalue weighted by Crippen LogP contribution is -2.38. The number of unbranched alkanes of at least 4 members (excludes halogenated alkanes) is 21. The smallest absolute Gasteiger partial charge is 0.323 e. The van der Waals surface area contributed by atoms with Crippen LogP contribution in [0.25, 0.3) is 0 Å². The van der Waals surface area contributed by atoms with E-state index in [0.717, 1.165) is 32.1 Å². The molecule has 0 bridgehead atoms. The molecular formula is C48H85NO8S. The second-order valence-electron chi connectivity index (χ2n) is 15.7. The van der Waals surface area contributed by atoms with Crippen molar-refractivity contribution < 1.29 is 39.2 Å². The van der Waals surface area contributed by atoms with E-state index in [-0.39, 0.29) is 37.8 Å². The number of rotatable bonds is 42. The van der Waals surface area contributed by atoms with Crippen molar-refractivity contribution in [2.75, 3.05) is 19.0 Å². The molecule has 0 aliphatic rings. The maximum Gasteiger partial charge on any atom is 0.323 e. The van der Waals surface area contributed by atoms with Crippen molar-refractivity contribution in [2.24, 2.45) is 5.73 Å². The first-order chi connectivity index (χ1) is 28.2. The highest BCUT2D eigenvalue weighted by atomic mass is 32.2. The lowest BCUT2D eigenvalue weighted by atomic mass is 10.0. The molecule has 0 aromatic carbocycles. The molecule has 0 unspecified atom stereocenters. The molecule has 58 heavy (non-hydrogen) atoms. The van der Waals surface area contributed by atoms with Gasteiger partial charge in [-0.1, -0.05) is 191 Å². The maximum absolute atomic E-state index is 12.5. The van der Waals surface area contributed by atoms with Crippen molar-refractivity contribution in [1.29, 1.82) is 0 Å². The third-order valence-corrected chi connectivity index (χ3v) is 11.5. The summed E-state index contributed by atoms with van der Waals surface area (Å²) in [5.74, 6) is -1.86. The molecule has 0 spiro atoms. The first kappa shape index (κ1) is 55.6. The van der Waals surface area contributed by atoms with Crippen molar-refractivity contribution in [3.05, 3.63) is 48.6 Å². The molecule has 4 atom stereocenters. The molecule has 0 fully saturated rings. The number of ether oxygens (including phenoxy) is 2. The Hall–Kier alpha value is -2.40. The second kappa shape index (κ2) is 42.7. The monoisotopic (exact) mass is 836 g/mol. The third-order valence-electron chi connectivity index (χ3n) is 10.1. The van der Waals surface area contributed by atoms with Crippen molar-refractivity contribution in [1.82, 2.24) is 0 Å². The highest BCUT2D eigenvalue weighted by Crippen LogP contribution is 2.22. The summed E-state index contributed by atoms with van der Waals surface area (Å²) in [4.78, 5) is 35.6. The van der Waals surface area contributed by atoms with Gasteiger partial charge in [0.05, 0.1) is 6.10 Å². The first-order valence-corrected chi connectivity index (χ1v) is 24.2. The average Bonchev–Trinajstić information content (AvgIpc) is 3.21. The van der Waals surface area contributed by atoms with Gasteiger partial charge in [0.15, 0.2) is 0 Å². The fourth-order valence-electron chi connectivity index (χ4n) is 6.41. The predicted molar refractivity (Wildman–Crippen MR) is 243 cm³/mol. The fourth-order valence-corrected chi connectivity index (χ4v) is 7.54. The van der Waals surface area contributed by atoms with Gasteiger partial charge in [-0.15, -0.1) is 11.8 Å². The van der Waals surface area contributed by atoms with E-state index in [0.29, 0.717) is 12.8 Å². The Morgan fingerprint density at radius 3 is 1.69 bits per heavy atom. The molecule has 10 heteroatoms. The number of carboxylic acid groups (broad SMARTS) is 1. The van der Waals surface area contributed by atoms with Gasteiger partial charge >= 0.3 is 17.9 Å². The molecule has 0 aliphatic carbocycles. The molecule has 0 aromatic heterocycles. The number of esters is 2. The van der Waals surface area contributed by atoms with Gasteiger partial charge < -0.3 is 30.5 Å². The molecule has 0 aromatic rings. The van der Waals surface area contributed by atoms with E-state index in [1.807, 2.05) is 30.4 Å². The van der Waals surface area contributed by atoms with Crippen molar-refractivity contribution >= 4 is 29.7 Å².